The van der Waals surface area contributed by atoms with E-state index in [2.05, 4.69) is 5.32 Å². The molecule has 1 rings (SSSR count). The molecule has 0 aliphatic carbocycles. The van der Waals surface area contributed by atoms with Crippen LogP contribution in [-0.2, 0) is 19.1 Å². The standard InChI is InChI=1S/C11H17NO5S/c1-2-17-9(14)4-3-8(13)12-11(10(15)16)5-6-18-7-11/h2-7H2,1H3,(H,12,13)(H,15,16). The smallest absolute Gasteiger partial charge is 0.330 e. The maximum absolute atomic E-state index is 11.6. The first-order valence-corrected chi connectivity index (χ1v) is 6.93. The summed E-state index contributed by atoms with van der Waals surface area (Å²) in [5.74, 6) is -0.805. The first-order valence-electron chi connectivity index (χ1n) is 5.78. The van der Waals surface area contributed by atoms with E-state index in [0.717, 1.165) is 0 Å². The summed E-state index contributed by atoms with van der Waals surface area (Å²) in [6.07, 6.45) is 0.346. The van der Waals surface area contributed by atoms with Crippen molar-refractivity contribution < 1.29 is 24.2 Å². The highest BCUT2D eigenvalue weighted by molar-refractivity contribution is 7.99. The zero-order valence-electron chi connectivity index (χ0n) is 10.2. The zero-order chi connectivity index (χ0) is 13.6. The van der Waals surface area contributed by atoms with E-state index in [-0.39, 0.29) is 19.4 Å². The van der Waals surface area contributed by atoms with Crippen molar-refractivity contribution in [3.63, 3.8) is 0 Å². The predicted octanol–water partition coefficient (Wildman–Crippen LogP) is 0.406. The van der Waals surface area contributed by atoms with Gasteiger partial charge < -0.3 is 15.2 Å². The lowest BCUT2D eigenvalue weighted by molar-refractivity contribution is -0.147. The van der Waals surface area contributed by atoms with E-state index < -0.39 is 23.4 Å². The molecule has 1 unspecified atom stereocenters. The monoisotopic (exact) mass is 275 g/mol. The second-order valence-electron chi connectivity index (χ2n) is 4.04. The van der Waals surface area contributed by atoms with Gasteiger partial charge in [0, 0.05) is 12.2 Å². The Morgan fingerprint density at radius 1 is 1.39 bits per heavy atom. The number of hydrogen-bond donors (Lipinski definition) is 2. The minimum absolute atomic E-state index is 0.0253. The van der Waals surface area contributed by atoms with E-state index in [0.29, 0.717) is 17.9 Å². The van der Waals surface area contributed by atoms with Crippen molar-refractivity contribution in [3.05, 3.63) is 0 Å². The van der Waals surface area contributed by atoms with E-state index >= 15 is 0 Å². The van der Waals surface area contributed by atoms with E-state index in [1.54, 1.807) is 6.92 Å². The van der Waals surface area contributed by atoms with Crippen molar-refractivity contribution in [3.8, 4) is 0 Å². The summed E-state index contributed by atoms with van der Waals surface area (Å²) < 4.78 is 4.70. The Bertz CT molecular complexity index is 338. The molecule has 1 saturated heterocycles. The summed E-state index contributed by atoms with van der Waals surface area (Å²) in [6.45, 7) is 1.96. The number of rotatable bonds is 6. The molecule has 2 N–H and O–H groups in total. The highest BCUT2D eigenvalue weighted by atomic mass is 32.2. The minimum Gasteiger partial charge on any atom is -0.479 e. The van der Waals surface area contributed by atoms with Crippen molar-refractivity contribution in [2.24, 2.45) is 0 Å². The molecule has 1 aliphatic heterocycles. The second kappa shape index (κ2) is 6.63. The van der Waals surface area contributed by atoms with Crippen LogP contribution in [0.25, 0.3) is 0 Å². The molecule has 0 radical (unpaired) electrons. The van der Waals surface area contributed by atoms with E-state index in [4.69, 9.17) is 9.84 Å². The number of thioether (sulfide) groups is 1. The molecule has 0 bridgehead atoms. The fourth-order valence-corrected chi connectivity index (χ4v) is 2.99. The highest BCUT2D eigenvalue weighted by Gasteiger charge is 2.43. The molecule has 0 aromatic carbocycles. The molecule has 0 aromatic heterocycles. The Morgan fingerprint density at radius 3 is 2.61 bits per heavy atom. The van der Waals surface area contributed by atoms with Crippen LogP contribution in [0.3, 0.4) is 0 Å². The van der Waals surface area contributed by atoms with Crippen molar-refractivity contribution in [1.29, 1.82) is 0 Å². The number of esters is 1. The number of carboxylic acids is 1. The van der Waals surface area contributed by atoms with Crippen LogP contribution >= 0.6 is 11.8 Å². The van der Waals surface area contributed by atoms with Crippen molar-refractivity contribution in [2.75, 3.05) is 18.1 Å². The summed E-state index contributed by atoms with van der Waals surface area (Å²) in [6, 6.07) is 0. The maximum Gasteiger partial charge on any atom is 0.330 e. The minimum atomic E-state index is -1.17. The second-order valence-corrected chi connectivity index (χ2v) is 5.15. The normalized spacial score (nSPS) is 22.5. The summed E-state index contributed by atoms with van der Waals surface area (Å²) >= 11 is 1.50. The average molecular weight is 275 g/mol. The molecular formula is C11H17NO5S. The van der Waals surface area contributed by atoms with Crippen molar-refractivity contribution >= 4 is 29.6 Å². The van der Waals surface area contributed by atoms with Gasteiger partial charge in [0.2, 0.25) is 5.91 Å². The summed E-state index contributed by atoms with van der Waals surface area (Å²) in [5, 5.41) is 11.7. The molecule has 1 fully saturated rings. The Kier molecular flexibility index (Phi) is 5.46. The Hall–Kier alpha value is -1.24. The lowest BCUT2D eigenvalue weighted by Crippen LogP contribution is -2.54. The van der Waals surface area contributed by atoms with Crippen molar-refractivity contribution in [1.82, 2.24) is 5.32 Å². The van der Waals surface area contributed by atoms with Gasteiger partial charge in [-0.2, -0.15) is 11.8 Å². The number of nitrogens with one attached hydrogen (secondary N) is 1. The van der Waals surface area contributed by atoms with E-state index in [1.165, 1.54) is 11.8 Å². The first-order chi connectivity index (χ1) is 8.50. The molecule has 102 valence electrons. The van der Waals surface area contributed by atoms with Crippen LogP contribution in [0.1, 0.15) is 26.2 Å². The summed E-state index contributed by atoms with van der Waals surface area (Å²) in [4.78, 5) is 33.9. The number of aliphatic carboxylic acids is 1. The summed E-state index contributed by atoms with van der Waals surface area (Å²) in [7, 11) is 0. The largest absolute Gasteiger partial charge is 0.479 e. The lowest BCUT2D eigenvalue weighted by Gasteiger charge is -2.24. The Morgan fingerprint density at radius 2 is 2.11 bits per heavy atom. The lowest BCUT2D eigenvalue weighted by atomic mass is 9.99. The quantitative estimate of drug-likeness (QED) is 0.682. The number of hydrogen-bond acceptors (Lipinski definition) is 5. The van der Waals surface area contributed by atoms with Gasteiger partial charge in [-0.25, -0.2) is 4.79 Å². The molecule has 0 spiro atoms. The van der Waals surface area contributed by atoms with Crippen molar-refractivity contribution in [2.45, 2.75) is 31.7 Å². The molecule has 6 nitrogen and oxygen atoms in total. The third kappa shape index (κ3) is 3.90. The molecule has 7 heteroatoms. The first kappa shape index (κ1) is 14.8. The fourth-order valence-electron chi connectivity index (χ4n) is 1.66. The third-order valence-corrected chi connectivity index (χ3v) is 3.86. The number of carbonyl (C=O) groups is 3. The zero-order valence-corrected chi connectivity index (χ0v) is 11.0. The van der Waals surface area contributed by atoms with Crippen LogP contribution in [0, 0.1) is 0 Å². The van der Waals surface area contributed by atoms with Crippen LogP contribution in [0.15, 0.2) is 0 Å². The van der Waals surface area contributed by atoms with Gasteiger partial charge in [0.15, 0.2) is 0 Å². The molecule has 18 heavy (non-hydrogen) atoms. The van der Waals surface area contributed by atoms with Crippen LogP contribution < -0.4 is 5.32 Å². The van der Waals surface area contributed by atoms with Gasteiger partial charge in [-0.1, -0.05) is 0 Å². The van der Waals surface area contributed by atoms with Crippen LogP contribution in [0.2, 0.25) is 0 Å². The average Bonchev–Trinajstić information content (AvgIpc) is 2.77. The van der Waals surface area contributed by atoms with Gasteiger partial charge >= 0.3 is 11.9 Å². The Labute approximate surface area is 109 Å². The molecule has 0 aromatic rings. The van der Waals surface area contributed by atoms with E-state index in [9.17, 15) is 14.4 Å². The van der Waals surface area contributed by atoms with Crippen LogP contribution in [0.5, 0.6) is 0 Å². The van der Waals surface area contributed by atoms with Gasteiger partial charge in [-0.3, -0.25) is 9.59 Å². The number of ether oxygens (including phenoxy) is 1. The topological polar surface area (TPSA) is 92.7 Å². The molecule has 1 aliphatic rings. The van der Waals surface area contributed by atoms with Gasteiger partial charge in [-0.05, 0) is 19.1 Å². The van der Waals surface area contributed by atoms with Gasteiger partial charge in [0.05, 0.1) is 13.0 Å². The van der Waals surface area contributed by atoms with E-state index in [1.807, 2.05) is 0 Å². The summed E-state index contributed by atoms with van der Waals surface area (Å²) in [5.41, 5.74) is -1.17. The van der Waals surface area contributed by atoms with Crippen LogP contribution in [0.4, 0.5) is 0 Å². The highest BCUT2D eigenvalue weighted by Crippen LogP contribution is 2.28. The molecule has 1 heterocycles. The number of carbonyl (C=O) groups excluding carboxylic acids is 2. The maximum atomic E-state index is 11.6. The Balaban J connectivity index is 2.43. The number of amides is 1. The van der Waals surface area contributed by atoms with Gasteiger partial charge in [0.1, 0.15) is 5.54 Å². The van der Waals surface area contributed by atoms with Gasteiger partial charge in [0.25, 0.3) is 0 Å². The van der Waals surface area contributed by atoms with Crippen LogP contribution in [-0.4, -0.2) is 46.6 Å². The molecule has 1 amide bonds. The SMILES string of the molecule is CCOC(=O)CCC(=O)NC1(C(=O)O)CCSC1. The predicted molar refractivity (Wildman–Crippen MR) is 66.3 cm³/mol. The fraction of sp³-hybridized carbons (Fsp3) is 0.727. The molecule has 1 atom stereocenters. The number of carboxylic acid groups (broad SMARTS) is 1. The molecule has 0 saturated carbocycles. The van der Waals surface area contributed by atoms with Gasteiger partial charge in [-0.15, -0.1) is 0 Å². The third-order valence-electron chi connectivity index (χ3n) is 2.67. The molecular weight excluding hydrogens is 258 g/mol.